The maximum atomic E-state index is 13.6. The first-order chi connectivity index (χ1) is 9.99. The smallest absolute Gasteiger partial charge is 0.270 e. The number of carbonyl (C=O) groups excluding carboxylic acids is 1. The number of aryl methyl sites for hydroxylation is 1. The van der Waals surface area contributed by atoms with Crippen LogP contribution in [0, 0.1) is 15.9 Å². The van der Waals surface area contributed by atoms with Crippen molar-refractivity contribution in [2.45, 2.75) is 6.42 Å². The lowest BCUT2D eigenvalue weighted by Gasteiger charge is -2.06. The molecule has 0 spiro atoms. The average molecular weight is 292 g/mol. The SMILES string of the molecule is Cn1nccc1CCNC(=O)c1cc([N+](=O)[O-])ccc1F. The highest BCUT2D eigenvalue weighted by molar-refractivity contribution is 5.95. The molecule has 1 heterocycles. The molecule has 0 saturated heterocycles. The van der Waals surface area contributed by atoms with Gasteiger partial charge in [0.15, 0.2) is 0 Å². The number of nitrogens with one attached hydrogen (secondary N) is 1. The normalized spacial score (nSPS) is 10.4. The summed E-state index contributed by atoms with van der Waals surface area (Å²) in [5, 5.41) is 17.2. The molecule has 8 heteroatoms. The van der Waals surface area contributed by atoms with Crippen LogP contribution >= 0.6 is 0 Å². The van der Waals surface area contributed by atoms with Crippen molar-refractivity contribution in [1.29, 1.82) is 0 Å². The van der Waals surface area contributed by atoms with E-state index in [1.807, 2.05) is 0 Å². The summed E-state index contributed by atoms with van der Waals surface area (Å²) in [7, 11) is 1.78. The molecule has 1 aromatic heterocycles. The molecule has 110 valence electrons. The van der Waals surface area contributed by atoms with Crippen LogP contribution in [0.2, 0.25) is 0 Å². The first kappa shape index (κ1) is 14.6. The van der Waals surface area contributed by atoms with Crippen LogP contribution in [0.3, 0.4) is 0 Å². The number of benzene rings is 1. The van der Waals surface area contributed by atoms with Gasteiger partial charge in [0.25, 0.3) is 11.6 Å². The first-order valence-electron chi connectivity index (χ1n) is 6.18. The van der Waals surface area contributed by atoms with Crippen molar-refractivity contribution < 1.29 is 14.1 Å². The number of aromatic nitrogens is 2. The minimum absolute atomic E-state index is 0.278. The van der Waals surface area contributed by atoms with E-state index in [2.05, 4.69) is 10.4 Å². The lowest BCUT2D eigenvalue weighted by Crippen LogP contribution is -2.27. The Bertz CT molecular complexity index is 684. The van der Waals surface area contributed by atoms with Crippen molar-refractivity contribution in [3.8, 4) is 0 Å². The van der Waals surface area contributed by atoms with Gasteiger partial charge in [0.05, 0.1) is 10.5 Å². The molecule has 0 radical (unpaired) electrons. The predicted octanol–water partition coefficient (Wildman–Crippen LogP) is 1.44. The molecule has 0 atom stereocenters. The monoisotopic (exact) mass is 292 g/mol. The van der Waals surface area contributed by atoms with Gasteiger partial charge in [0, 0.05) is 44.0 Å². The summed E-state index contributed by atoms with van der Waals surface area (Å²) >= 11 is 0. The van der Waals surface area contributed by atoms with Gasteiger partial charge in [-0.3, -0.25) is 19.6 Å². The molecule has 0 aliphatic heterocycles. The summed E-state index contributed by atoms with van der Waals surface area (Å²) in [5.74, 6) is -1.47. The molecule has 1 amide bonds. The summed E-state index contributed by atoms with van der Waals surface area (Å²) < 4.78 is 15.2. The average Bonchev–Trinajstić information content (AvgIpc) is 2.84. The van der Waals surface area contributed by atoms with E-state index in [4.69, 9.17) is 0 Å². The Labute approximate surface area is 119 Å². The second-order valence-electron chi connectivity index (χ2n) is 4.37. The molecular formula is C13H13FN4O3. The molecule has 7 nitrogen and oxygen atoms in total. The number of non-ortho nitro benzene ring substituents is 1. The zero-order valence-corrected chi connectivity index (χ0v) is 11.2. The van der Waals surface area contributed by atoms with Crippen LogP contribution in [0.15, 0.2) is 30.5 Å². The summed E-state index contributed by atoms with van der Waals surface area (Å²) in [4.78, 5) is 21.8. The van der Waals surface area contributed by atoms with Crippen molar-refractivity contribution in [3.63, 3.8) is 0 Å². The molecule has 21 heavy (non-hydrogen) atoms. The number of hydrogen-bond donors (Lipinski definition) is 1. The van der Waals surface area contributed by atoms with Gasteiger partial charge in [-0.05, 0) is 12.1 Å². The molecule has 2 aromatic rings. The highest BCUT2D eigenvalue weighted by Gasteiger charge is 2.16. The number of halogens is 1. The summed E-state index contributed by atoms with van der Waals surface area (Å²) in [6, 6.07) is 4.66. The van der Waals surface area contributed by atoms with Gasteiger partial charge in [-0.2, -0.15) is 5.10 Å². The summed E-state index contributed by atoms with van der Waals surface area (Å²) in [6.45, 7) is 0.278. The summed E-state index contributed by atoms with van der Waals surface area (Å²) in [5.41, 5.74) is 0.247. The fourth-order valence-electron chi connectivity index (χ4n) is 1.85. The van der Waals surface area contributed by atoms with Crippen LogP contribution < -0.4 is 5.32 Å². The van der Waals surface area contributed by atoms with Gasteiger partial charge in [-0.15, -0.1) is 0 Å². The molecule has 0 unspecified atom stereocenters. The molecule has 1 N–H and O–H groups in total. The zero-order chi connectivity index (χ0) is 15.4. The number of nitrogens with zero attached hydrogens (tertiary/aromatic N) is 3. The topological polar surface area (TPSA) is 90.1 Å². The molecule has 0 bridgehead atoms. The fourth-order valence-corrected chi connectivity index (χ4v) is 1.85. The molecule has 2 rings (SSSR count). The predicted molar refractivity (Wildman–Crippen MR) is 72.3 cm³/mol. The maximum Gasteiger partial charge on any atom is 0.270 e. The van der Waals surface area contributed by atoms with E-state index in [0.29, 0.717) is 6.42 Å². The van der Waals surface area contributed by atoms with Crippen LogP contribution in [0.25, 0.3) is 0 Å². The molecule has 0 saturated carbocycles. The molecule has 0 aliphatic carbocycles. The van der Waals surface area contributed by atoms with E-state index < -0.39 is 16.6 Å². The second-order valence-corrected chi connectivity index (χ2v) is 4.37. The number of nitro groups is 1. The second kappa shape index (κ2) is 6.12. The minimum Gasteiger partial charge on any atom is -0.352 e. The van der Waals surface area contributed by atoms with Crippen molar-refractivity contribution >= 4 is 11.6 Å². The van der Waals surface area contributed by atoms with E-state index in [0.717, 1.165) is 23.9 Å². The number of rotatable bonds is 5. The van der Waals surface area contributed by atoms with Gasteiger partial charge in [0.1, 0.15) is 5.82 Å². The van der Waals surface area contributed by atoms with E-state index in [-0.39, 0.29) is 17.8 Å². The minimum atomic E-state index is -0.793. The lowest BCUT2D eigenvalue weighted by atomic mass is 10.1. The van der Waals surface area contributed by atoms with E-state index >= 15 is 0 Å². The highest BCUT2D eigenvalue weighted by atomic mass is 19.1. The van der Waals surface area contributed by atoms with Gasteiger partial charge < -0.3 is 5.32 Å². The van der Waals surface area contributed by atoms with Crippen molar-refractivity contribution in [2.24, 2.45) is 7.05 Å². The molecule has 0 fully saturated rings. The number of nitro benzene ring substituents is 1. The van der Waals surface area contributed by atoms with Crippen LogP contribution in [-0.4, -0.2) is 27.2 Å². The Hall–Kier alpha value is -2.77. The Kier molecular flexibility index (Phi) is 4.27. The van der Waals surface area contributed by atoms with Gasteiger partial charge >= 0.3 is 0 Å². The number of hydrogen-bond acceptors (Lipinski definition) is 4. The van der Waals surface area contributed by atoms with E-state index in [9.17, 15) is 19.3 Å². The highest BCUT2D eigenvalue weighted by Crippen LogP contribution is 2.16. The Morgan fingerprint density at radius 1 is 1.48 bits per heavy atom. The number of carbonyl (C=O) groups is 1. The molecular weight excluding hydrogens is 279 g/mol. The molecule has 0 aliphatic rings. The van der Waals surface area contributed by atoms with Gasteiger partial charge in [-0.1, -0.05) is 0 Å². The third-order valence-electron chi connectivity index (χ3n) is 2.99. The Balaban J connectivity index is 2.01. The quantitative estimate of drug-likeness (QED) is 0.667. The molecule has 1 aromatic carbocycles. The van der Waals surface area contributed by atoms with Gasteiger partial charge in [-0.25, -0.2) is 4.39 Å². The zero-order valence-electron chi connectivity index (χ0n) is 11.2. The largest absolute Gasteiger partial charge is 0.352 e. The first-order valence-corrected chi connectivity index (χ1v) is 6.18. The number of amides is 1. The van der Waals surface area contributed by atoms with Crippen LogP contribution in [0.5, 0.6) is 0 Å². The van der Waals surface area contributed by atoms with E-state index in [1.54, 1.807) is 24.0 Å². The summed E-state index contributed by atoms with van der Waals surface area (Å²) in [6.07, 6.45) is 2.16. The Morgan fingerprint density at radius 2 is 2.24 bits per heavy atom. The van der Waals surface area contributed by atoms with Crippen molar-refractivity contribution in [1.82, 2.24) is 15.1 Å². The Morgan fingerprint density at radius 3 is 2.86 bits per heavy atom. The van der Waals surface area contributed by atoms with Crippen LogP contribution in [0.1, 0.15) is 16.1 Å². The third kappa shape index (κ3) is 3.41. The lowest BCUT2D eigenvalue weighted by molar-refractivity contribution is -0.384. The standard InChI is InChI=1S/C13H13FN4O3/c1-17-9(5-7-16-17)4-6-15-13(19)11-8-10(18(20)21)2-3-12(11)14/h2-3,5,7-8H,4,6H2,1H3,(H,15,19). The maximum absolute atomic E-state index is 13.6. The fraction of sp³-hybridized carbons (Fsp3) is 0.231. The van der Waals surface area contributed by atoms with Crippen molar-refractivity contribution in [2.75, 3.05) is 6.54 Å². The van der Waals surface area contributed by atoms with Crippen LogP contribution in [-0.2, 0) is 13.5 Å². The van der Waals surface area contributed by atoms with Crippen LogP contribution in [0.4, 0.5) is 10.1 Å². The van der Waals surface area contributed by atoms with Crippen molar-refractivity contribution in [3.05, 3.63) is 57.7 Å². The van der Waals surface area contributed by atoms with Gasteiger partial charge in [0.2, 0.25) is 0 Å². The van der Waals surface area contributed by atoms with E-state index in [1.165, 1.54) is 0 Å². The third-order valence-corrected chi connectivity index (χ3v) is 2.99.